The second kappa shape index (κ2) is 3.48. The lowest BCUT2D eigenvalue weighted by Gasteiger charge is -2.03. The zero-order valence-electron chi connectivity index (χ0n) is 10.4. The van der Waals surface area contributed by atoms with E-state index in [1.165, 1.54) is 0 Å². The van der Waals surface area contributed by atoms with Crippen LogP contribution in [-0.2, 0) is 0 Å². The molecule has 3 aromatic rings. The number of aromatic amines is 1. The summed E-state index contributed by atoms with van der Waals surface area (Å²) in [7, 11) is 1.61. The van der Waals surface area contributed by atoms with Gasteiger partial charge in [-0.05, 0) is 29.8 Å². The SMILES string of the molecule is COc1ccc2c(c1)C(=O)c1[nH]c3ccccc3c1-2. The lowest BCUT2D eigenvalue weighted by atomic mass is 10.0. The number of hydrogen-bond donors (Lipinski definition) is 1. The maximum Gasteiger partial charge on any atom is 0.210 e. The Balaban J connectivity index is 2.09. The number of carbonyl (C=O) groups excluding carboxylic acids is 1. The molecule has 0 amide bonds. The maximum atomic E-state index is 12.4. The smallest absolute Gasteiger partial charge is 0.210 e. The van der Waals surface area contributed by atoms with Crippen molar-refractivity contribution in [2.45, 2.75) is 0 Å². The summed E-state index contributed by atoms with van der Waals surface area (Å²) in [5.74, 6) is 0.752. The van der Waals surface area contributed by atoms with Crippen LogP contribution in [0.1, 0.15) is 16.1 Å². The molecule has 0 saturated carbocycles. The van der Waals surface area contributed by atoms with Crippen LogP contribution in [0, 0.1) is 0 Å². The normalized spacial score (nSPS) is 12.6. The summed E-state index contributed by atoms with van der Waals surface area (Å²) in [6.07, 6.45) is 0. The topological polar surface area (TPSA) is 42.1 Å². The largest absolute Gasteiger partial charge is 0.497 e. The first kappa shape index (κ1) is 10.4. The van der Waals surface area contributed by atoms with Gasteiger partial charge in [0.05, 0.1) is 12.8 Å². The monoisotopic (exact) mass is 249 g/mol. The second-order valence-corrected chi connectivity index (χ2v) is 4.66. The highest BCUT2D eigenvalue weighted by molar-refractivity contribution is 6.25. The number of para-hydroxylation sites is 1. The summed E-state index contributed by atoms with van der Waals surface area (Å²) < 4.78 is 5.19. The number of hydrogen-bond acceptors (Lipinski definition) is 2. The van der Waals surface area contributed by atoms with Crippen LogP contribution in [0.2, 0.25) is 0 Å². The van der Waals surface area contributed by atoms with Gasteiger partial charge in [0, 0.05) is 22.0 Å². The third kappa shape index (κ3) is 1.24. The molecule has 2 aromatic carbocycles. The first-order chi connectivity index (χ1) is 9.29. The Morgan fingerprint density at radius 1 is 1.05 bits per heavy atom. The van der Waals surface area contributed by atoms with Crippen molar-refractivity contribution < 1.29 is 9.53 Å². The number of aromatic nitrogens is 1. The van der Waals surface area contributed by atoms with Gasteiger partial charge in [-0.2, -0.15) is 0 Å². The van der Waals surface area contributed by atoms with Gasteiger partial charge in [0.25, 0.3) is 0 Å². The summed E-state index contributed by atoms with van der Waals surface area (Å²) in [6.45, 7) is 0. The van der Waals surface area contributed by atoms with Gasteiger partial charge in [-0.1, -0.05) is 18.2 Å². The number of ether oxygens (including phenoxy) is 1. The number of carbonyl (C=O) groups is 1. The molecule has 1 aliphatic rings. The van der Waals surface area contributed by atoms with Gasteiger partial charge in [0.15, 0.2) is 0 Å². The van der Waals surface area contributed by atoms with Crippen LogP contribution in [0.25, 0.3) is 22.0 Å². The van der Waals surface area contributed by atoms with E-state index in [2.05, 4.69) is 4.98 Å². The molecule has 4 rings (SSSR count). The molecule has 1 N–H and O–H groups in total. The van der Waals surface area contributed by atoms with Crippen molar-refractivity contribution >= 4 is 16.7 Å². The summed E-state index contributed by atoms with van der Waals surface area (Å²) >= 11 is 0. The average Bonchev–Trinajstić information content (AvgIpc) is 2.96. The molecule has 1 heterocycles. The van der Waals surface area contributed by atoms with Crippen molar-refractivity contribution in [2.75, 3.05) is 7.11 Å². The number of H-pyrrole nitrogens is 1. The number of rotatable bonds is 1. The average molecular weight is 249 g/mol. The standard InChI is InChI=1S/C16H11NO2/c1-19-9-6-7-10-12(8-9)16(18)15-14(10)11-4-2-3-5-13(11)17-15/h2-8,17H,1H3. The molecule has 0 fully saturated rings. The van der Waals surface area contributed by atoms with E-state index in [0.717, 1.165) is 22.0 Å². The minimum Gasteiger partial charge on any atom is -0.497 e. The van der Waals surface area contributed by atoms with Gasteiger partial charge in [-0.3, -0.25) is 4.79 Å². The molecule has 0 saturated heterocycles. The molecule has 3 nitrogen and oxygen atoms in total. The number of fused-ring (bicyclic) bond motifs is 5. The molecule has 0 radical (unpaired) electrons. The Bertz CT molecular complexity index is 830. The molecule has 0 bridgehead atoms. The molecule has 1 aliphatic carbocycles. The molecule has 0 atom stereocenters. The van der Waals surface area contributed by atoms with Crippen molar-refractivity contribution in [1.29, 1.82) is 0 Å². The highest BCUT2D eigenvalue weighted by Gasteiger charge is 2.30. The number of methoxy groups -OCH3 is 1. The fourth-order valence-corrected chi connectivity index (χ4v) is 2.78. The van der Waals surface area contributed by atoms with Crippen LogP contribution in [0.3, 0.4) is 0 Å². The lowest BCUT2D eigenvalue weighted by Crippen LogP contribution is -1.97. The maximum absolute atomic E-state index is 12.4. The Morgan fingerprint density at radius 2 is 1.89 bits per heavy atom. The van der Waals surface area contributed by atoms with Gasteiger partial charge in [-0.25, -0.2) is 0 Å². The molecular weight excluding hydrogens is 238 g/mol. The zero-order valence-corrected chi connectivity index (χ0v) is 10.4. The molecule has 0 unspecified atom stereocenters. The third-order valence-electron chi connectivity index (χ3n) is 3.67. The predicted octanol–water partition coefficient (Wildman–Crippen LogP) is 3.39. The Kier molecular flexibility index (Phi) is 1.90. The van der Waals surface area contributed by atoms with Crippen molar-refractivity contribution in [3.8, 4) is 16.9 Å². The Hall–Kier alpha value is -2.55. The summed E-state index contributed by atoms with van der Waals surface area (Å²) in [6, 6.07) is 13.6. The van der Waals surface area contributed by atoms with Crippen LogP contribution in [0.15, 0.2) is 42.5 Å². The Morgan fingerprint density at radius 3 is 2.74 bits per heavy atom. The van der Waals surface area contributed by atoms with E-state index < -0.39 is 0 Å². The van der Waals surface area contributed by atoms with Gasteiger partial charge in [-0.15, -0.1) is 0 Å². The molecule has 92 valence electrons. The van der Waals surface area contributed by atoms with Crippen LogP contribution in [0.5, 0.6) is 5.75 Å². The zero-order chi connectivity index (χ0) is 13.0. The lowest BCUT2D eigenvalue weighted by molar-refractivity contribution is 0.103. The highest BCUT2D eigenvalue weighted by Crippen LogP contribution is 2.42. The predicted molar refractivity (Wildman–Crippen MR) is 73.7 cm³/mol. The molecule has 19 heavy (non-hydrogen) atoms. The van der Waals surface area contributed by atoms with E-state index in [1.807, 2.05) is 36.4 Å². The van der Waals surface area contributed by atoms with Crippen molar-refractivity contribution in [2.24, 2.45) is 0 Å². The molecule has 0 spiro atoms. The van der Waals surface area contributed by atoms with Crippen molar-refractivity contribution in [3.63, 3.8) is 0 Å². The first-order valence-electron chi connectivity index (χ1n) is 6.13. The minimum atomic E-state index is 0.0418. The summed E-state index contributed by atoms with van der Waals surface area (Å²) in [4.78, 5) is 15.7. The Labute approximate surface area is 109 Å². The van der Waals surface area contributed by atoms with E-state index >= 15 is 0 Å². The third-order valence-corrected chi connectivity index (χ3v) is 3.67. The van der Waals surface area contributed by atoms with E-state index in [1.54, 1.807) is 13.2 Å². The van der Waals surface area contributed by atoms with E-state index in [4.69, 9.17) is 4.74 Å². The van der Waals surface area contributed by atoms with Crippen molar-refractivity contribution in [3.05, 3.63) is 53.7 Å². The van der Waals surface area contributed by atoms with Crippen LogP contribution >= 0.6 is 0 Å². The number of ketones is 1. The number of benzene rings is 2. The molecule has 0 aliphatic heterocycles. The van der Waals surface area contributed by atoms with Gasteiger partial charge < -0.3 is 9.72 Å². The number of nitrogens with one attached hydrogen (secondary N) is 1. The minimum absolute atomic E-state index is 0.0418. The fourth-order valence-electron chi connectivity index (χ4n) is 2.78. The van der Waals surface area contributed by atoms with Crippen LogP contribution in [-0.4, -0.2) is 17.9 Å². The van der Waals surface area contributed by atoms with Gasteiger partial charge in [0.1, 0.15) is 5.75 Å². The summed E-state index contributed by atoms with van der Waals surface area (Å²) in [5.41, 5.74) is 4.40. The van der Waals surface area contributed by atoms with E-state index in [9.17, 15) is 4.79 Å². The second-order valence-electron chi connectivity index (χ2n) is 4.66. The van der Waals surface area contributed by atoms with E-state index in [-0.39, 0.29) is 5.78 Å². The first-order valence-corrected chi connectivity index (χ1v) is 6.13. The highest BCUT2D eigenvalue weighted by atomic mass is 16.5. The van der Waals surface area contributed by atoms with E-state index in [0.29, 0.717) is 17.0 Å². The summed E-state index contributed by atoms with van der Waals surface area (Å²) in [5, 5.41) is 1.09. The molecule has 1 aromatic heterocycles. The quantitative estimate of drug-likeness (QED) is 0.562. The molecule has 3 heteroatoms. The fraction of sp³-hybridized carbons (Fsp3) is 0.0625. The van der Waals surface area contributed by atoms with Gasteiger partial charge >= 0.3 is 0 Å². The van der Waals surface area contributed by atoms with Crippen molar-refractivity contribution in [1.82, 2.24) is 4.98 Å². The van der Waals surface area contributed by atoms with Gasteiger partial charge in [0.2, 0.25) is 5.78 Å². The molecular formula is C16H11NO2. The van der Waals surface area contributed by atoms with Crippen LogP contribution < -0.4 is 4.74 Å². The van der Waals surface area contributed by atoms with Crippen LogP contribution in [0.4, 0.5) is 0 Å².